The number of carbonyl (C=O) groups is 2. The van der Waals surface area contributed by atoms with E-state index < -0.39 is 6.04 Å². The lowest BCUT2D eigenvalue weighted by atomic mass is 10.0. The summed E-state index contributed by atoms with van der Waals surface area (Å²) in [6, 6.07) is 24.2. The van der Waals surface area contributed by atoms with Gasteiger partial charge in [-0.2, -0.15) is 0 Å². The monoisotopic (exact) mass is 512 g/mol. The Morgan fingerprint density at radius 2 is 1.62 bits per heavy atom. The molecule has 2 amide bonds. The normalized spacial score (nSPS) is 11.6. The van der Waals surface area contributed by atoms with E-state index in [4.69, 9.17) is 11.6 Å². The highest BCUT2D eigenvalue weighted by Crippen LogP contribution is 2.19. The summed E-state index contributed by atoms with van der Waals surface area (Å²) in [5, 5.41) is 3.49. The SMILES string of the molecule is CCNC(=O)[C@@H](Cc1ccccc1)N(Cc1ccc(Br)cc1)C(=O)Cc1cccc(Cl)c1. The summed E-state index contributed by atoms with van der Waals surface area (Å²) in [5.74, 6) is -0.282. The van der Waals surface area contributed by atoms with Gasteiger partial charge >= 0.3 is 0 Å². The molecule has 0 bridgehead atoms. The average molecular weight is 514 g/mol. The highest BCUT2D eigenvalue weighted by atomic mass is 79.9. The Bertz CT molecular complexity index is 1040. The van der Waals surface area contributed by atoms with Crippen LogP contribution in [-0.2, 0) is 29.0 Å². The quantitative estimate of drug-likeness (QED) is 0.415. The maximum atomic E-state index is 13.5. The Hall–Kier alpha value is -2.63. The maximum Gasteiger partial charge on any atom is 0.243 e. The van der Waals surface area contributed by atoms with Gasteiger partial charge in [0.15, 0.2) is 0 Å². The number of halogens is 2. The molecule has 0 spiro atoms. The molecule has 166 valence electrons. The number of hydrogen-bond donors (Lipinski definition) is 1. The molecule has 32 heavy (non-hydrogen) atoms. The largest absolute Gasteiger partial charge is 0.355 e. The number of likely N-dealkylation sites (N-methyl/N-ethyl adjacent to an activating group) is 1. The molecule has 0 saturated heterocycles. The number of rotatable bonds is 9. The van der Waals surface area contributed by atoms with Crippen molar-refractivity contribution in [2.24, 2.45) is 0 Å². The van der Waals surface area contributed by atoms with Crippen LogP contribution in [0.15, 0.2) is 83.3 Å². The smallest absolute Gasteiger partial charge is 0.243 e. The number of nitrogens with zero attached hydrogens (tertiary/aromatic N) is 1. The van der Waals surface area contributed by atoms with Gasteiger partial charge in [-0.3, -0.25) is 9.59 Å². The molecule has 0 radical (unpaired) electrons. The molecule has 1 atom stereocenters. The van der Waals surface area contributed by atoms with E-state index in [2.05, 4.69) is 21.2 Å². The van der Waals surface area contributed by atoms with Crippen molar-refractivity contribution >= 4 is 39.3 Å². The van der Waals surface area contributed by atoms with Crippen LogP contribution in [0.3, 0.4) is 0 Å². The standard InChI is InChI=1S/C26H26BrClN2O2/c1-2-29-26(32)24(16-19-7-4-3-5-8-19)30(18-20-11-13-22(27)14-12-20)25(31)17-21-9-6-10-23(28)15-21/h3-15,24H,2,16-18H2,1H3,(H,29,32)/t24-/m1/s1. The second kappa shape index (κ2) is 11.8. The summed E-state index contributed by atoms with van der Waals surface area (Å²) >= 11 is 9.57. The third-order valence-corrected chi connectivity index (χ3v) is 5.90. The Balaban J connectivity index is 1.94. The van der Waals surface area contributed by atoms with Crippen LogP contribution in [0.1, 0.15) is 23.6 Å². The lowest BCUT2D eigenvalue weighted by molar-refractivity contribution is -0.140. The van der Waals surface area contributed by atoms with Gasteiger partial charge in [-0.15, -0.1) is 0 Å². The summed E-state index contributed by atoms with van der Waals surface area (Å²) in [6.45, 7) is 2.71. The van der Waals surface area contributed by atoms with E-state index in [0.29, 0.717) is 24.5 Å². The van der Waals surface area contributed by atoms with Crippen molar-refractivity contribution in [3.05, 3.63) is 105 Å². The molecule has 0 fully saturated rings. The Labute approximate surface area is 202 Å². The molecular weight excluding hydrogens is 488 g/mol. The predicted molar refractivity (Wildman–Crippen MR) is 132 cm³/mol. The maximum absolute atomic E-state index is 13.5. The number of nitrogens with one attached hydrogen (secondary N) is 1. The van der Waals surface area contributed by atoms with Crippen LogP contribution in [0.25, 0.3) is 0 Å². The van der Waals surface area contributed by atoms with Gasteiger partial charge in [-0.25, -0.2) is 0 Å². The number of carbonyl (C=O) groups excluding carboxylic acids is 2. The van der Waals surface area contributed by atoms with Crippen LogP contribution in [-0.4, -0.2) is 29.3 Å². The molecule has 3 rings (SSSR count). The van der Waals surface area contributed by atoms with Crippen LogP contribution in [0.5, 0.6) is 0 Å². The molecule has 6 heteroatoms. The van der Waals surface area contributed by atoms with Crippen molar-refractivity contribution in [1.29, 1.82) is 0 Å². The van der Waals surface area contributed by atoms with Gasteiger partial charge in [-0.05, 0) is 47.9 Å². The summed E-state index contributed by atoms with van der Waals surface area (Å²) in [4.78, 5) is 28.3. The first kappa shape index (κ1) is 24.0. The summed E-state index contributed by atoms with van der Waals surface area (Å²) in [5.41, 5.74) is 2.77. The van der Waals surface area contributed by atoms with Gasteiger partial charge in [0.1, 0.15) is 6.04 Å². The Kier molecular flexibility index (Phi) is 8.89. The molecule has 4 nitrogen and oxygen atoms in total. The van der Waals surface area contributed by atoms with Crippen molar-refractivity contribution in [2.75, 3.05) is 6.54 Å². The number of amides is 2. The van der Waals surface area contributed by atoms with Gasteiger partial charge in [0.25, 0.3) is 0 Å². The Morgan fingerprint density at radius 3 is 2.28 bits per heavy atom. The van der Waals surface area contributed by atoms with Crippen molar-refractivity contribution in [3.63, 3.8) is 0 Å². The molecule has 1 N–H and O–H groups in total. The highest BCUT2D eigenvalue weighted by molar-refractivity contribution is 9.10. The fourth-order valence-electron chi connectivity index (χ4n) is 3.56. The third kappa shape index (κ3) is 6.94. The molecule has 0 aromatic heterocycles. The minimum Gasteiger partial charge on any atom is -0.355 e. The van der Waals surface area contributed by atoms with Crippen LogP contribution in [0.4, 0.5) is 0 Å². The van der Waals surface area contributed by atoms with Crippen LogP contribution in [0, 0.1) is 0 Å². The first-order chi connectivity index (χ1) is 15.5. The highest BCUT2D eigenvalue weighted by Gasteiger charge is 2.30. The van der Waals surface area contributed by atoms with E-state index >= 15 is 0 Å². The fourth-order valence-corrected chi connectivity index (χ4v) is 4.03. The van der Waals surface area contributed by atoms with E-state index in [1.807, 2.05) is 73.7 Å². The van der Waals surface area contributed by atoms with E-state index in [1.54, 1.807) is 17.0 Å². The van der Waals surface area contributed by atoms with Crippen LogP contribution < -0.4 is 5.32 Å². The predicted octanol–water partition coefficient (Wildman–Crippen LogP) is 5.42. The van der Waals surface area contributed by atoms with E-state index in [9.17, 15) is 9.59 Å². The summed E-state index contributed by atoms with van der Waals surface area (Å²) in [6.07, 6.45) is 0.603. The molecule has 0 unspecified atom stereocenters. The zero-order valence-electron chi connectivity index (χ0n) is 17.9. The molecule has 0 aliphatic carbocycles. The van der Waals surface area contributed by atoms with Gasteiger partial charge in [0.2, 0.25) is 11.8 Å². The molecule has 0 aliphatic rings. The molecule has 3 aromatic rings. The number of benzene rings is 3. The van der Waals surface area contributed by atoms with Gasteiger partial charge < -0.3 is 10.2 Å². The second-order valence-electron chi connectivity index (χ2n) is 7.55. The van der Waals surface area contributed by atoms with E-state index in [1.165, 1.54) is 0 Å². The van der Waals surface area contributed by atoms with Crippen molar-refractivity contribution in [1.82, 2.24) is 10.2 Å². The molecule has 0 saturated carbocycles. The van der Waals surface area contributed by atoms with Crippen LogP contribution >= 0.6 is 27.5 Å². The van der Waals surface area contributed by atoms with Crippen molar-refractivity contribution in [3.8, 4) is 0 Å². The lowest BCUT2D eigenvalue weighted by Gasteiger charge is -2.31. The topological polar surface area (TPSA) is 49.4 Å². The van der Waals surface area contributed by atoms with Crippen LogP contribution in [0.2, 0.25) is 5.02 Å². The minimum atomic E-state index is -0.632. The van der Waals surface area contributed by atoms with Gasteiger partial charge in [-0.1, -0.05) is 82.1 Å². The minimum absolute atomic E-state index is 0.123. The van der Waals surface area contributed by atoms with Crippen molar-refractivity contribution in [2.45, 2.75) is 32.4 Å². The second-order valence-corrected chi connectivity index (χ2v) is 8.91. The zero-order chi connectivity index (χ0) is 22.9. The molecule has 0 aliphatic heterocycles. The van der Waals surface area contributed by atoms with Gasteiger partial charge in [0, 0.05) is 29.0 Å². The zero-order valence-corrected chi connectivity index (χ0v) is 20.3. The lowest BCUT2D eigenvalue weighted by Crippen LogP contribution is -2.50. The first-order valence-electron chi connectivity index (χ1n) is 10.6. The molecule has 3 aromatic carbocycles. The number of hydrogen-bond acceptors (Lipinski definition) is 2. The summed E-state index contributed by atoms with van der Waals surface area (Å²) in [7, 11) is 0. The summed E-state index contributed by atoms with van der Waals surface area (Å²) < 4.78 is 0.961. The first-order valence-corrected chi connectivity index (χ1v) is 11.7. The van der Waals surface area contributed by atoms with E-state index in [0.717, 1.165) is 21.2 Å². The Morgan fingerprint density at radius 1 is 0.938 bits per heavy atom. The fraction of sp³-hybridized carbons (Fsp3) is 0.231. The molecular formula is C26H26BrClN2O2. The molecule has 0 heterocycles. The third-order valence-electron chi connectivity index (χ3n) is 5.13. The van der Waals surface area contributed by atoms with Gasteiger partial charge in [0.05, 0.1) is 6.42 Å². The van der Waals surface area contributed by atoms with Crippen molar-refractivity contribution < 1.29 is 9.59 Å². The van der Waals surface area contributed by atoms with E-state index in [-0.39, 0.29) is 18.2 Å². The average Bonchev–Trinajstić information content (AvgIpc) is 2.78.